The first kappa shape index (κ1) is 11.3. The van der Waals surface area contributed by atoms with Crippen molar-refractivity contribution < 1.29 is 4.79 Å². The van der Waals surface area contributed by atoms with Crippen molar-refractivity contribution in [2.45, 2.75) is 19.3 Å². The third-order valence-corrected chi connectivity index (χ3v) is 5.32. The second-order valence-electron chi connectivity index (χ2n) is 4.03. The maximum absolute atomic E-state index is 12.4. The van der Waals surface area contributed by atoms with Gasteiger partial charge in [0.2, 0.25) is 5.78 Å². The normalized spacial score (nSPS) is 13.9. The van der Waals surface area contributed by atoms with Gasteiger partial charge in [-0.25, -0.2) is 0 Å². The van der Waals surface area contributed by atoms with Crippen molar-refractivity contribution >= 4 is 45.1 Å². The number of thiophene rings is 2. The molecular formula is C12H10ClNOS2. The lowest BCUT2D eigenvalue weighted by molar-refractivity contribution is 0.104. The largest absolute Gasteiger partial charge is 0.390 e. The van der Waals surface area contributed by atoms with E-state index in [1.807, 2.05) is 0 Å². The van der Waals surface area contributed by atoms with Crippen LogP contribution in [-0.4, -0.2) is 5.78 Å². The van der Waals surface area contributed by atoms with Crippen LogP contribution < -0.4 is 5.73 Å². The minimum Gasteiger partial charge on any atom is -0.390 e. The van der Waals surface area contributed by atoms with Gasteiger partial charge in [-0.3, -0.25) is 4.79 Å². The zero-order valence-electron chi connectivity index (χ0n) is 8.96. The van der Waals surface area contributed by atoms with Gasteiger partial charge in [-0.2, -0.15) is 0 Å². The predicted molar refractivity (Wildman–Crippen MR) is 73.5 cm³/mol. The van der Waals surface area contributed by atoms with Gasteiger partial charge in [0.15, 0.2) is 0 Å². The van der Waals surface area contributed by atoms with Crippen molar-refractivity contribution in [3.63, 3.8) is 0 Å². The number of nitrogen functional groups attached to an aromatic ring is 1. The number of rotatable bonds is 2. The van der Waals surface area contributed by atoms with Crippen LogP contribution in [0, 0.1) is 0 Å². The molecule has 2 N–H and O–H groups in total. The molecule has 0 spiro atoms. The monoisotopic (exact) mass is 283 g/mol. The summed E-state index contributed by atoms with van der Waals surface area (Å²) in [4.78, 5) is 14.3. The van der Waals surface area contributed by atoms with Crippen LogP contribution in [0.4, 0.5) is 5.00 Å². The number of hydrogen-bond acceptors (Lipinski definition) is 4. The van der Waals surface area contributed by atoms with E-state index in [2.05, 4.69) is 0 Å². The molecule has 5 heteroatoms. The van der Waals surface area contributed by atoms with Crippen LogP contribution in [0.25, 0.3) is 0 Å². The molecule has 88 valence electrons. The summed E-state index contributed by atoms with van der Waals surface area (Å²) in [6.45, 7) is 0. The van der Waals surface area contributed by atoms with Gasteiger partial charge in [-0.05, 0) is 37.0 Å². The summed E-state index contributed by atoms with van der Waals surface area (Å²) < 4.78 is 0.638. The molecule has 0 saturated heterocycles. The molecule has 3 rings (SSSR count). The Morgan fingerprint density at radius 1 is 1.29 bits per heavy atom. The number of nitrogens with two attached hydrogens (primary N) is 1. The third-order valence-electron chi connectivity index (χ3n) is 2.97. The first-order valence-electron chi connectivity index (χ1n) is 5.37. The van der Waals surface area contributed by atoms with Crippen LogP contribution in [0.15, 0.2) is 12.1 Å². The highest BCUT2D eigenvalue weighted by Crippen LogP contribution is 2.39. The Morgan fingerprint density at radius 3 is 2.82 bits per heavy atom. The molecule has 0 radical (unpaired) electrons. The van der Waals surface area contributed by atoms with E-state index in [-0.39, 0.29) is 5.78 Å². The van der Waals surface area contributed by atoms with Crippen molar-refractivity contribution in [3.05, 3.63) is 37.4 Å². The molecule has 0 aromatic carbocycles. The van der Waals surface area contributed by atoms with Crippen molar-refractivity contribution in [2.75, 3.05) is 5.73 Å². The summed E-state index contributed by atoms with van der Waals surface area (Å²) >= 11 is 8.74. The van der Waals surface area contributed by atoms with E-state index in [0.717, 1.165) is 24.8 Å². The Morgan fingerprint density at radius 2 is 2.12 bits per heavy atom. The van der Waals surface area contributed by atoms with E-state index in [1.54, 1.807) is 23.5 Å². The minimum atomic E-state index is 0.0267. The molecule has 0 aliphatic heterocycles. The Hall–Kier alpha value is -0.840. The van der Waals surface area contributed by atoms with E-state index in [1.165, 1.54) is 21.8 Å². The standard InChI is InChI=1S/C12H10ClNOS2/c13-9-5-4-8(16-9)11(15)10-6-2-1-3-7(6)17-12(10)14/h4-5H,1-3,14H2. The van der Waals surface area contributed by atoms with Gasteiger partial charge in [0.05, 0.1) is 19.8 Å². The van der Waals surface area contributed by atoms with Crippen LogP contribution in [0.5, 0.6) is 0 Å². The van der Waals surface area contributed by atoms with Gasteiger partial charge in [0, 0.05) is 4.88 Å². The van der Waals surface area contributed by atoms with Gasteiger partial charge in [-0.15, -0.1) is 22.7 Å². The Balaban J connectivity index is 2.07. The first-order valence-corrected chi connectivity index (χ1v) is 7.38. The van der Waals surface area contributed by atoms with Gasteiger partial charge in [0.25, 0.3) is 0 Å². The summed E-state index contributed by atoms with van der Waals surface area (Å²) in [5.41, 5.74) is 7.86. The fraction of sp³-hybridized carbons (Fsp3) is 0.250. The summed E-state index contributed by atoms with van der Waals surface area (Å²) in [5.74, 6) is 0.0267. The number of anilines is 1. The summed E-state index contributed by atoms with van der Waals surface area (Å²) in [6, 6.07) is 3.52. The fourth-order valence-electron chi connectivity index (χ4n) is 2.23. The maximum atomic E-state index is 12.4. The maximum Gasteiger partial charge on any atom is 0.206 e. The van der Waals surface area contributed by atoms with E-state index >= 15 is 0 Å². The lowest BCUT2D eigenvalue weighted by Gasteiger charge is -2.00. The molecule has 2 aromatic rings. The lowest BCUT2D eigenvalue weighted by atomic mass is 10.1. The van der Waals surface area contributed by atoms with Gasteiger partial charge in [-0.1, -0.05) is 11.6 Å². The molecule has 2 aromatic heterocycles. The molecule has 1 aliphatic rings. The zero-order valence-corrected chi connectivity index (χ0v) is 11.3. The number of fused-ring (bicyclic) bond motifs is 1. The lowest BCUT2D eigenvalue weighted by Crippen LogP contribution is -2.03. The summed E-state index contributed by atoms with van der Waals surface area (Å²) in [5, 5.41) is 0.657. The number of halogens is 1. The Labute approximate surface area is 112 Å². The summed E-state index contributed by atoms with van der Waals surface area (Å²) in [7, 11) is 0. The minimum absolute atomic E-state index is 0.0267. The van der Waals surface area contributed by atoms with Gasteiger partial charge < -0.3 is 5.73 Å². The second-order valence-corrected chi connectivity index (χ2v) is 6.88. The van der Waals surface area contributed by atoms with Crippen molar-refractivity contribution in [1.82, 2.24) is 0 Å². The fourth-order valence-corrected chi connectivity index (χ4v) is 4.38. The van der Waals surface area contributed by atoms with E-state index < -0.39 is 0 Å². The quantitative estimate of drug-likeness (QED) is 0.853. The molecule has 0 amide bonds. The molecule has 2 heterocycles. The van der Waals surface area contributed by atoms with Crippen LogP contribution in [0.2, 0.25) is 4.34 Å². The Kier molecular flexibility index (Phi) is 2.73. The van der Waals surface area contributed by atoms with E-state index in [9.17, 15) is 4.79 Å². The predicted octanol–water partition coefficient (Wildman–Crippen LogP) is 3.76. The third kappa shape index (κ3) is 1.80. The SMILES string of the molecule is Nc1sc2c(c1C(=O)c1ccc(Cl)s1)CCC2. The Bertz CT molecular complexity index is 600. The molecule has 17 heavy (non-hydrogen) atoms. The molecule has 0 fully saturated rings. The van der Waals surface area contributed by atoms with Crippen LogP contribution in [0.1, 0.15) is 32.1 Å². The van der Waals surface area contributed by atoms with Crippen LogP contribution in [0.3, 0.4) is 0 Å². The van der Waals surface area contributed by atoms with Crippen molar-refractivity contribution in [3.8, 4) is 0 Å². The average Bonchev–Trinajstić information content (AvgIpc) is 2.92. The molecule has 1 aliphatic carbocycles. The number of ketones is 1. The van der Waals surface area contributed by atoms with Crippen LogP contribution in [-0.2, 0) is 12.8 Å². The number of aryl methyl sites for hydroxylation is 1. The number of hydrogen-bond donors (Lipinski definition) is 1. The second kappa shape index (κ2) is 4.12. The first-order chi connectivity index (χ1) is 8.16. The molecular weight excluding hydrogens is 274 g/mol. The molecule has 0 unspecified atom stereocenters. The average molecular weight is 284 g/mol. The van der Waals surface area contributed by atoms with Crippen LogP contribution >= 0.6 is 34.3 Å². The smallest absolute Gasteiger partial charge is 0.206 e. The number of carbonyl (C=O) groups excluding carboxylic acids is 1. The highest BCUT2D eigenvalue weighted by atomic mass is 35.5. The van der Waals surface area contributed by atoms with Gasteiger partial charge in [0.1, 0.15) is 0 Å². The molecule has 0 bridgehead atoms. The summed E-state index contributed by atoms with van der Waals surface area (Å²) in [6.07, 6.45) is 3.17. The zero-order chi connectivity index (χ0) is 12.0. The molecule has 0 atom stereocenters. The van der Waals surface area contributed by atoms with Gasteiger partial charge >= 0.3 is 0 Å². The molecule has 2 nitrogen and oxygen atoms in total. The number of carbonyl (C=O) groups is 1. The highest BCUT2D eigenvalue weighted by molar-refractivity contribution is 7.19. The molecule has 0 saturated carbocycles. The van der Waals surface area contributed by atoms with E-state index in [4.69, 9.17) is 17.3 Å². The van der Waals surface area contributed by atoms with Crippen molar-refractivity contribution in [1.29, 1.82) is 0 Å². The topological polar surface area (TPSA) is 43.1 Å². The highest BCUT2D eigenvalue weighted by Gasteiger charge is 2.26. The van der Waals surface area contributed by atoms with Crippen molar-refractivity contribution in [2.24, 2.45) is 0 Å². The van der Waals surface area contributed by atoms with E-state index in [0.29, 0.717) is 14.2 Å².